The van der Waals surface area contributed by atoms with E-state index in [1.165, 1.54) is 11.1 Å². The van der Waals surface area contributed by atoms with E-state index >= 15 is 0 Å². The summed E-state index contributed by atoms with van der Waals surface area (Å²) in [6.07, 6.45) is 5.69. The maximum atomic E-state index is 13.2. The molecule has 0 heterocycles. The number of allylic oxidation sites excluding steroid dienone is 3. The molecule has 39 heavy (non-hydrogen) atoms. The number of likely N-dealkylation sites (N-methyl/N-ethyl adjacent to an activating group) is 4. The van der Waals surface area contributed by atoms with Gasteiger partial charge in [0.1, 0.15) is 5.71 Å². The lowest BCUT2D eigenvalue weighted by Gasteiger charge is -2.29. The fourth-order valence-corrected chi connectivity index (χ4v) is 5.32. The molecule has 3 rings (SSSR count). The van der Waals surface area contributed by atoms with Gasteiger partial charge in [-0.3, -0.25) is 4.79 Å². The van der Waals surface area contributed by atoms with Crippen LogP contribution in [0.2, 0.25) is 0 Å². The third-order valence-electron chi connectivity index (χ3n) is 7.99. The molecule has 0 fully saturated rings. The van der Waals surface area contributed by atoms with Gasteiger partial charge in [-0.2, -0.15) is 0 Å². The molecule has 0 saturated heterocycles. The number of carbonyl (C=O) groups excluding carboxylic acids is 1. The first-order valence-electron chi connectivity index (χ1n) is 14.9. The van der Waals surface area contributed by atoms with E-state index in [0.29, 0.717) is 5.71 Å². The van der Waals surface area contributed by atoms with Gasteiger partial charge in [-0.15, -0.1) is 0 Å². The third kappa shape index (κ3) is 7.58. The molecule has 1 aliphatic rings. The number of aryl methyl sites for hydroxylation is 1. The van der Waals surface area contributed by atoms with Crippen molar-refractivity contribution in [2.24, 2.45) is 4.99 Å². The maximum Gasteiger partial charge on any atom is 0.206 e. The number of hydrogen-bond acceptors (Lipinski definition) is 6. The second kappa shape index (κ2) is 15.0. The fourth-order valence-electron chi connectivity index (χ4n) is 5.32. The van der Waals surface area contributed by atoms with Gasteiger partial charge in [-0.1, -0.05) is 52.0 Å². The molecule has 0 bridgehead atoms. The minimum absolute atomic E-state index is 0.0317. The van der Waals surface area contributed by atoms with Crippen molar-refractivity contribution in [1.82, 2.24) is 14.7 Å². The summed E-state index contributed by atoms with van der Waals surface area (Å²) in [4.78, 5) is 27.8. The Balaban J connectivity index is 1.90. The van der Waals surface area contributed by atoms with Crippen LogP contribution in [-0.2, 0) is 4.79 Å². The Bertz CT molecular complexity index is 1190. The predicted octanol–water partition coefficient (Wildman–Crippen LogP) is 6.08. The van der Waals surface area contributed by atoms with E-state index in [1.54, 1.807) is 6.08 Å². The lowest BCUT2D eigenvalue weighted by atomic mass is 10.0. The van der Waals surface area contributed by atoms with Crippen molar-refractivity contribution in [3.05, 3.63) is 59.8 Å². The SMILES string of the molecule is CCN(CC)CCN(CC)C1=CC(=O)/C(=N\c2c(C)cc(N(CC)CCN(CC)CC)c3ccccc23)C=C1. The van der Waals surface area contributed by atoms with Crippen LogP contribution in [0.1, 0.15) is 47.1 Å². The van der Waals surface area contributed by atoms with E-state index in [0.717, 1.165) is 87.8 Å². The summed E-state index contributed by atoms with van der Waals surface area (Å²) in [5.41, 5.74) is 4.67. The molecule has 0 aliphatic heterocycles. The molecule has 0 N–H and O–H groups in total. The first-order valence-corrected chi connectivity index (χ1v) is 14.9. The van der Waals surface area contributed by atoms with Crippen LogP contribution in [0, 0.1) is 6.92 Å². The zero-order chi connectivity index (χ0) is 28.4. The molecule has 0 saturated carbocycles. The molecular weight excluding hydrogens is 482 g/mol. The summed E-state index contributed by atoms with van der Waals surface area (Å²) in [5, 5.41) is 2.27. The molecular formula is C33H49N5O. The van der Waals surface area contributed by atoms with Crippen molar-refractivity contribution in [2.75, 3.05) is 70.3 Å². The molecule has 6 nitrogen and oxygen atoms in total. The van der Waals surface area contributed by atoms with E-state index in [9.17, 15) is 4.79 Å². The summed E-state index contributed by atoms with van der Waals surface area (Å²) in [7, 11) is 0. The van der Waals surface area contributed by atoms with E-state index in [-0.39, 0.29) is 5.78 Å². The van der Waals surface area contributed by atoms with E-state index < -0.39 is 0 Å². The van der Waals surface area contributed by atoms with Crippen molar-refractivity contribution >= 4 is 33.6 Å². The van der Waals surface area contributed by atoms with Crippen LogP contribution in [-0.4, -0.2) is 91.6 Å². The van der Waals surface area contributed by atoms with Gasteiger partial charge in [0.15, 0.2) is 0 Å². The first kappa shape index (κ1) is 30.6. The Kier molecular flexibility index (Phi) is 11.8. The number of aliphatic imine (C=N–C) groups is 1. The highest BCUT2D eigenvalue weighted by Gasteiger charge is 2.19. The van der Waals surface area contributed by atoms with Crippen molar-refractivity contribution in [3.63, 3.8) is 0 Å². The molecule has 0 unspecified atom stereocenters. The number of anilines is 1. The second-order valence-corrected chi connectivity index (χ2v) is 10.1. The number of benzene rings is 2. The molecule has 2 aromatic carbocycles. The van der Waals surface area contributed by atoms with E-state index in [4.69, 9.17) is 4.99 Å². The summed E-state index contributed by atoms with van der Waals surface area (Å²) < 4.78 is 0. The fraction of sp³-hybridized carbons (Fsp3) is 0.515. The Morgan fingerprint density at radius 3 is 1.79 bits per heavy atom. The Morgan fingerprint density at radius 1 is 0.692 bits per heavy atom. The van der Waals surface area contributed by atoms with Crippen LogP contribution in [0.15, 0.2) is 59.2 Å². The minimum atomic E-state index is -0.0317. The highest BCUT2D eigenvalue weighted by atomic mass is 16.1. The Hall–Kier alpha value is -2.96. The molecule has 1 aliphatic carbocycles. The number of fused-ring (bicyclic) bond motifs is 1. The number of ketones is 1. The highest BCUT2D eigenvalue weighted by Crippen LogP contribution is 2.37. The molecule has 2 aromatic rings. The van der Waals surface area contributed by atoms with Crippen molar-refractivity contribution in [2.45, 2.75) is 48.5 Å². The van der Waals surface area contributed by atoms with Gasteiger partial charge in [0, 0.05) is 67.5 Å². The van der Waals surface area contributed by atoms with Gasteiger partial charge >= 0.3 is 0 Å². The van der Waals surface area contributed by atoms with Crippen LogP contribution in [0.4, 0.5) is 11.4 Å². The van der Waals surface area contributed by atoms with Crippen LogP contribution in [0.25, 0.3) is 10.8 Å². The van der Waals surface area contributed by atoms with Crippen molar-refractivity contribution in [1.29, 1.82) is 0 Å². The maximum absolute atomic E-state index is 13.2. The average molecular weight is 532 g/mol. The second-order valence-electron chi connectivity index (χ2n) is 10.1. The van der Waals surface area contributed by atoms with Crippen LogP contribution < -0.4 is 4.90 Å². The van der Waals surface area contributed by atoms with Crippen LogP contribution in [0.3, 0.4) is 0 Å². The molecule has 0 atom stereocenters. The van der Waals surface area contributed by atoms with Gasteiger partial charge in [-0.05, 0) is 70.7 Å². The summed E-state index contributed by atoms with van der Waals surface area (Å²) in [6, 6.07) is 10.7. The lowest BCUT2D eigenvalue weighted by molar-refractivity contribution is -0.108. The topological polar surface area (TPSA) is 42.4 Å². The quantitative estimate of drug-likeness (QED) is 0.261. The van der Waals surface area contributed by atoms with Gasteiger partial charge in [-0.25, -0.2) is 4.99 Å². The highest BCUT2D eigenvalue weighted by molar-refractivity contribution is 6.49. The number of carbonyl (C=O) groups is 1. The molecule has 0 aromatic heterocycles. The zero-order valence-corrected chi connectivity index (χ0v) is 25.3. The van der Waals surface area contributed by atoms with Crippen molar-refractivity contribution < 1.29 is 4.79 Å². The molecule has 0 radical (unpaired) electrons. The standard InChI is InChI=1S/C33H49N5O/c1-8-35(9-2)20-22-37(12-5)27-18-19-30(32(39)25-27)34-33-26(7)24-31(28-16-14-15-17-29(28)33)38(13-6)23-21-36(10-3)11-4/h14-19,24-25H,8-13,20-23H2,1-7H3/b34-30-. The normalized spacial score (nSPS) is 14.6. The monoisotopic (exact) mass is 531 g/mol. The van der Waals surface area contributed by atoms with E-state index in [1.807, 2.05) is 12.2 Å². The van der Waals surface area contributed by atoms with Crippen LogP contribution in [0.5, 0.6) is 0 Å². The smallest absolute Gasteiger partial charge is 0.206 e. The third-order valence-corrected chi connectivity index (χ3v) is 7.99. The van der Waals surface area contributed by atoms with Gasteiger partial charge in [0.05, 0.1) is 5.69 Å². The summed E-state index contributed by atoms with van der Waals surface area (Å²) in [5.74, 6) is -0.0317. The van der Waals surface area contributed by atoms with Crippen molar-refractivity contribution in [3.8, 4) is 0 Å². The van der Waals surface area contributed by atoms with Gasteiger partial charge < -0.3 is 19.6 Å². The van der Waals surface area contributed by atoms with E-state index in [2.05, 4.69) is 98.4 Å². The first-order chi connectivity index (χ1) is 18.9. The summed E-state index contributed by atoms with van der Waals surface area (Å²) >= 11 is 0. The molecule has 212 valence electrons. The Labute approximate surface area is 236 Å². The zero-order valence-electron chi connectivity index (χ0n) is 25.3. The molecule has 6 heteroatoms. The Morgan fingerprint density at radius 2 is 1.26 bits per heavy atom. The number of rotatable bonds is 15. The van der Waals surface area contributed by atoms with Gasteiger partial charge in [0.2, 0.25) is 5.78 Å². The number of hydrogen-bond donors (Lipinski definition) is 0. The van der Waals surface area contributed by atoms with Crippen LogP contribution >= 0.6 is 0 Å². The average Bonchev–Trinajstić information content (AvgIpc) is 2.96. The summed E-state index contributed by atoms with van der Waals surface area (Å²) in [6.45, 7) is 25.2. The van der Waals surface area contributed by atoms with Gasteiger partial charge in [0.25, 0.3) is 0 Å². The lowest BCUT2D eigenvalue weighted by Crippen LogP contribution is -2.35. The molecule has 0 amide bonds. The predicted molar refractivity (Wildman–Crippen MR) is 169 cm³/mol. The minimum Gasteiger partial charge on any atom is -0.370 e. The molecule has 0 spiro atoms. The number of nitrogens with zero attached hydrogens (tertiary/aromatic N) is 5. The largest absolute Gasteiger partial charge is 0.370 e.